The van der Waals surface area contributed by atoms with Crippen molar-refractivity contribution in [2.45, 2.75) is 18.3 Å². The van der Waals surface area contributed by atoms with Gasteiger partial charge in [0.25, 0.3) is 0 Å². The maximum absolute atomic E-state index is 14.8. The molecule has 1 unspecified atom stereocenters. The van der Waals surface area contributed by atoms with Gasteiger partial charge in [0.1, 0.15) is 24.1 Å². The Balaban J connectivity index is 1.66. The molecule has 0 saturated carbocycles. The molecule has 0 saturated heterocycles. The molecule has 0 aromatic heterocycles. The maximum Gasteiger partial charge on any atom is 0.573 e. The Morgan fingerprint density at radius 2 is 1.77 bits per heavy atom. The van der Waals surface area contributed by atoms with Crippen molar-refractivity contribution < 1.29 is 26.7 Å². The average Bonchev–Trinajstić information content (AvgIpc) is 3.12. The van der Waals surface area contributed by atoms with Crippen LogP contribution in [0.5, 0.6) is 5.75 Å². The molecule has 3 heterocycles. The minimum absolute atomic E-state index is 0.00273. The van der Waals surface area contributed by atoms with E-state index in [9.17, 15) is 22.0 Å². The highest BCUT2D eigenvalue weighted by Gasteiger charge is 2.49. The molecule has 0 radical (unpaired) electrons. The number of rotatable bonds is 4. The molecule has 35 heavy (non-hydrogen) atoms. The molecule has 182 valence electrons. The first-order chi connectivity index (χ1) is 16.7. The molecule has 7 nitrogen and oxygen atoms in total. The predicted octanol–water partition coefficient (Wildman–Crippen LogP) is 4.06. The van der Waals surface area contributed by atoms with Gasteiger partial charge in [0.05, 0.1) is 11.9 Å². The first-order valence-corrected chi connectivity index (χ1v) is 10.7. The summed E-state index contributed by atoms with van der Waals surface area (Å²) >= 11 is 0. The fraction of sp³-hybridized carbons (Fsp3) is 0.261. The third-order valence-corrected chi connectivity index (χ3v) is 5.85. The molecule has 0 amide bonds. The Labute approximate surface area is 196 Å². The Bertz CT molecular complexity index is 1270. The van der Waals surface area contributed by atoms with Crippen LogP contribution in [0.4, 0.5) is 27.6 Å². The lowest BCUT2D eigenvalue weighted by Crippen LogP contribution is -2.46. The number of halogens is 5. The highest BCUT2D eigenvalue weighted by atomic mass is 19.4. The van der Waals surface area contributed by atoms with Gasteiger partial charge < -0.3 is 15.4 Å². The van der Waals surface area contributed by atoms with Gasteiger partial charge in [-0.1, -0.05) is 18.2 Å². The second-order valence-electron chi connectivity index (χ2n) is 8.07. The van der Waals surface area contributed by atoms with E-state index in [2.05, 4.69) is 14.7 Å². The fourth-order valence-electron chi connectivity index (χ4n) is 4.41. The molecule has 1 atom stereocenters. The number of hydrogen-bond acceptors (Lipinski definition) is 7. The summed E-state index contributed by atoms with van der Waals surface area (Å²) in [4.78, 5) is 16.3. The second kappa shape index (κ2) is 8.36. The molecule has 5 rings (SSSR count). The molecule has 0 bridgehead atoms. The largest absolute Gasteiger partial charge is 0.573 e. The van der Waals surface area contributed by atoms with E-state index in [1.807, 2.05) is 0 Å². The lowest BCUT2D eigenvalue weighted by atomic mass is 9.81. The number of anilines is 1. The number of guanidine groups is 1. The topological polar surface area (TPSA) is 78.8 Å². The molecular formula is C23H19F5N6O. The summed E-state index contributed by atoms with van der Waals surface area (Å²) in [5, 5.41) is 0. The Morgan fingerprint density at radius 3 is 2.49 bits per heavy atom. The summed E-state index contributed by atoms with van der Waals surface area (Å²) in [5.74, 6) is -1.00. The van der Waals surface area contributed by atoms with Crippen molar-refractivity contribution in [3.8, 4) is 5.75 Å². The summed E-state index contributed by atoms with van der Waals surface area (Å²) in [6.07, 6.45) is -1.94. The standard InChI is InChI=1S/C23H19F5N6O/c24-16-11-30-13-33(12-16)19-10-15(4-7-18(19)25)22(20-31-8-1-9-34(20)21(29)32-22)14-2-5-17(6-3-14)35-23(26,27)28/h2-7,10-12H,1,8-9,13H2,(H2,29,32). The van der Waals surface area contributed by atoms with Gasteiger partial charge in [-0.15, -0.1) is 13.2 Å². The molecule has 0 fully saturated rings. The molecule has 3 aliphatic heterocycles. The van der Waals surface area contributed by atoms with E-state index in [0.29, 0.717) is 30.1 Å². The molecule has 0 spiro atoms. The van der Waals surface area contributed by atoms with Gasteiger partial charge in [0, 0.05) is 19.3 Å². The Morgan fingerprint density at radius 1 is 1.03 bits per heavy atom. The zero-order chi connectivity index (χ0) is 24.8. The first-order valence-electron chi connectivity index (χ1n) is 10.7. The van der Waals surface area contributed by atoms with Crippen molar-refractivity contribution in [1.82, 2.24) is 4.90 Å². The average molecular weight is 490 g/mol. The quantitative estimate of drug-likeness (QED) is 0.656. The Kier molecular flexibility index (Phi) is 5.45. The van der Waals surface area contributed by atoms with Gasteiger partial charge in [-0.3, -0.25) is 14.9 Å². The van der Waals surface area contributed by atoms with Crippen LogP contribution in [0.2, 0.25) is 0 Å². The second-order valence-corrected chi connectivity index (χ2v) is 8.07. The van der Waals surface area contributed by atoms with Gasteiger partial charge in [0.15, 0.2) is 17.3 Å². The van der Waals surface area contributed by atoms with Gasteiger partial charge in [-0.25, -0.2) is 13.8 Å². The van der Waals surface area contributed by atoms with E-state index in [1.54, 1.807) is 4.90 Å². The molecule has 3 aliphatic rings. The van der Waals surface area contributed by atoms with Crippen molar-refractivity contribution in [1.29, 1.82) is 0 Å². The van der Waals surface area contributed by atoms with Gasteiger partial charge in [-0.05, 0) is 41.8 Å². The zero-order valence-electron chi connectivity index (χ0n) is 18.1. The van der Waals surface area contributed by atoms with E-state index < -0.39 is 29.3 Å². The zero-order valence-corrected chi connectivity index (χ0v) is 18.1. The van der Waals surface area contributed by atoms with E-state index >= 15 is 0 Å². The van der Waals surface area contributed by atoms with Crippen LogP contribution in [0.1, 0.15) is 17.5 Å². The summed E-state index contributed by atoms with van der Waals surface area (Å²) in [6, 6.07) is 9.43. The van der Waals surface area contributed by atoms with Crippen molar-refractivity contribution in [3.05, 3.63) is 71.4 Å². The number of nitrogens with two attached hydrogens (primary N) is 1. The molecule has 2 N–H and O–H groups in total. The molecule has 12 heteroatoms. The smallest absolute Gasteiger partial charge is 0.406 e. The number of benzene rings is 2. The number of allylic oxidation sites excluding steroid dienone is 1. The van der Waals surface area contributed by atoms with Crippen LogP contribution in [-0.4, -0.2) is 49.0 Å². The third-order valence-electron chi connectivity index (χ3n) is 5.85. The van der Waals surface area contributed by atoms with Crippen LogP contribution >= 0.6 is 0 Å². The molecule has 0 aliphatic carbocycles. The van der Waals surface area contributed by atoms with Crippen LogP contribution in [0.25, 0.3) is 0 Å². The van der Waals surface area contributed by atoms with E-state index in [1.165, 1.54) is 47.4 Å². The number of ether oxygens (including phenoxy) is 1. The number of fused-ring (bicyclic) bond motifs is 1. The van der Waals surface area contributed by atoms with Gasteiger partial charge in [0.2, 0.25) is 0 Å². The number of alkyl halides is 3. The maximum atomic E-state index is 14.8. The summed E-state index contributed by atoms with van der Waals surface area (Å²) in [6.45, 7) is 1.05. The minimum atomic E-state index is -4.84. The SMILES string of the molecule is NC1=NC(c2ccc(OC(F)(F)F)cc2)(c2ccc(F)c(N3C=C(F)C=NC3)c2)C2=NCCCN12. The van der Waals surface area contributed by atoms with Gasteiger partial charge in [-0.2, -0.15) is 0 Å². The summed E-state index contributed by atoms with van der Waals surface area (Å²) in [5.41, 5.74) is 5.84. The summed E-state index contributed by atoms with van der Waals surface area (Å²) in [7, 11) is 0. The van der Waals surface area contributed by atoms with E-state index in [0.717, 1.165) is 18.8 Å². The number of nitrogens with zero attached hydrogens (tertiary/aromatic N) is 5. The van der Waals surface area contributed by atoms with Crippen molar-refractivity contribution in [3.63, 3.8) is 0 Å². The molecule has 2 aromatic rings. The first kappa shape index (κ1) is 22.8. The third kappa shape index (κ3) is 4.08. The normalized spacial score (nSPS) is 21.9. The lowest BCUT2D eigenvalue weighted by molar-refractivity contribution is -0.274. The predicted molar refractivity (Wildman–Crippen MR) is 121 cm³/mol. The monoisotopic (exact) mass is 490 g/mol. The fourth-order valence-corrected chi connectivity index (χ4v) is 4.41. The van der Waals surface area contributed by atoms with Crippen molar-refractivity contribution in [2.24, 2.45) is 20.7 Å². The number of hydrogen-bond donors (Lipinski definition) is 1. The van der Waals surface area contributed by atoms with Crippen LogP contribution in [0, 0.1) is 5.82 Å². The summed E-state index contributed by atoms with van der Waals surface area (Å²) < 4.78 is 70.7. The van der Waals surface area contributed by atoms with Crippen molar-refractivity contribution >= 4 is 23.7 Å². The van der Waals surface area contributed by atoms with E-state index in [4.69, 9.17) is 10.7 Å². The van der Waals surface area contributed by atoms with Gasteiger partial charge >= 0.3 is 6.36 Å². The van der Waals surface area contributed by atoms with E-state index in [-0.39, 0.29) is 18.3 Å². The molecular weight excluding hydrogens is 471 g/mol. The van der Waals surface area contributed by atoms with Crippen LogP contribution in [0.3, 0.4) is 0 Å². The van der Waals surface area contributed by atoms with Crippen LogP contribution in [-0.2, 0) is 5.54 Å². The minimum Gasteiger partial charge on any atom is -0.406 e. The Hall–Kier alpha value is -3.96. The number of amidine groups is 1. The number of aliphatic imine (C=N–C) groups is 3. The highest BCUT2D eigenvalue weighted by Crippen LogP contribution is 2.43. The van der Waals surface area contributed by atoms with Crippen LogP contribution in [0.15, 0.2) is 69.5 Å². The highest BCUT2D eigenvalue weighted by molar-refractivity contribution is 6.12. The van der Waals surface area contributed by atoms with Crippen LogP contribution < -0.4 is 15.4 Å². The lowest BCUT2D eigenvalue weighted by Gasteiger charge is -2.33. The van der Waals surface area contributed by atoms with Crippen molar-refractivity contribution in [2.75, 3.05) is 24.7 Å². The molecule has 2 aromatic carbocycles.